The van der Waals surface area contributed by atoms with Crippen LogP contribution in [0.4, 0.5) is 30.5 Å². The Hall–Kier alpha value is -3.62. The first kappa shape index (κ1) is 19.2. The van der Waals surface area contributed by atoms with Crippen molar-refractivity contribution in [3.63, 3.8) is 0 Å². The van der Waals surface area contributed by atoms with Gasteiger partial charge in [-0.3, -0.25) is 0 Å². The van der Waals surface area contributed by atoms with E-state index in [0.717, 1.165) is 11.8 Å². The molecule has 0 spiro atoms. The van der Waals surface area contributed by atoms with Crippen molar-refractivity contribution in [1.29, 1.82) is 5.41 Å². The van der Waals surface area contributed by atoms with Crippen molar-refractivity contribution in [2.24, 2.45) is 0 Å². The molecule has 3 rings (SSSR count). The molecule has 6 nitrogen and oxygen atoms in total. The van der Waals surface area contributed by atoms with Gasteiger partial charge in [-0.25, -0.2) is 9.97 Å². The van der Waals surface area contributed by atoms with Crippen LogP contribution in [0.15, 0.2) is 60.9 Å². The van der Waals surface area contributed by atoms with E-state index in [2.05, 4.69) is 25.3 Å². The normalized spacial score (nSPS) is 11.0. The Morgan fingerprint density at radius 2 is 1.64 bits per heavy atom. The lowest BCUT2D eigenvalue weighted by atomic mass is 10.2. The fourth-order valence-corrected chi connectivity index (χ4v) is 2.43. The Morgan fingerprint density at radius 1 is 0.964 bits per heavy atom. The van der Waals surface area contributed by atoms with Gasteiger partial charge in [0.15, 0.2) is 0 Å². The highest BCUT2D eigenvalue weighted by atomic mass is 19.4. The largest absolute Gasteiger partial charge is 0.573 e. The number of halogens is 3. The summed E-state index contributed by atoms with van der Waals surface area (Å²) in [4.78, 5) is 8.28. The number of nitrogens with one attached hydrogen (secondary N) is 3. The van der Waals surface area contributed by atoms with E-state index in [-0.39, 0.29) is 5.75 Å². The molecule has 0 fully saturated rings. The number of nitrogens with zero attached hydrogens (tertiary/aromatic N) is 2. The second kappa shape index (κ2) is 8.38. The fourth-order valence-electron chi connectivity index (χ4n) is 2.43. The van der Waals surface area contributed by atoms with Crippen molar-refractivity contribution in [1.82, 2.24) is 9.97 Å². The first-order valence-corrected chi connectivity index (χ1v) is 8.21. The molecular formula is C19H16F3N5O. The summed E-state index contributed by atoms with van der Waals surface area (Å²) in [6.07, 6.45) is -2.30. The molecule has 0 aliphatic carbocycles. The summed E-state index contributed by atoms with van der Waals surface area (Å²) in [5.74, 6) is 0.497. The summed E-state index contributed by atoms with van der Waals surface area (Å²) in [5.41, 5.74) is 1.96. The molecule has 0 aliphatic heterocycles. The van der Waals surface area contributed by atoms with E-state index in [0.29, 0.717) is 29.4 Å². The van der Waals surface area contributed by atoms with Crippen molar-refractivity contribution in [3.05, 3.63) is 72.1 Å². The lowest BCUT2D eigenvalue weighted by Gasteiger charge is -2.13. The van der Waals surface area contributed by atoms with E-state index < -0.39 is 6.36 Å². The third-order valence-electron chi connectivity index (χ3n) is 3.68. The van der Waals surface area contributed by atoms with Crippen LogP contribution >= 0.6 is 0 Å². The average molecular weight is 387 g/mol. The van der Waals surface area contributed by atoms with E-state index in [9.17, 15) is 13.2 Å². The van der Waals surface area contributed by atoms with Gasteiger partial charge in [0.25, 0.3) is 0 Å². The Labute approximate surface area is 158 Å². The first-order chi connectivity index (χ1) is 13.4. The maximum atomic E-state index is 12.2. The van der Waals surface area contributed by atoms with Crippen molar-refractivity contribution < 1.29 is 17.9 Å². The third-order valence-corrected chi connectivity index (χ3v) is 3.68. The highest BCUT2D eigenvalue weighted by Crippen LogP contribution is 2.26. The molecule has 1 aromatic heterocycles. The zero-order chi connectivity index (χ0) is 20.0. The van der Waals surface area contributed by atoms with Crippen molar-refractivity contribution >= 4 is 23.5 Å². The van der Waals surface area contributed by atoms with E-state index in [4.69, 9.17) is 5.41 Å². The second-order valence-corrected chi connectivity index (χ2v) is 5.67. The molecule has 144 valence electrons. The molecule has 0 unspecified atom stereocenters. The number of alkyl halides is 3. The molecule has 0 radical (unpaired) electrons. The smallest absolute Gasteiger partial charge is 0.406 e. The number of ether oxygens (including phenoxy) is 1. The molecule has 9 heteroatoms. The minimum atomic E-state index is -4.74. The molecule has 0 saturated carbocycles. The number of aromatic nitrogens is 2. The molecule has 0 aliphatic rings. The van der Waals surface area contributed by atoms with Gasteiger partial charge in [-0.1, -0.05) is 30.3 Å². The molecule has 0 saturated heterocycles. The van der Waals surface area contributed by atoms with E-state index >= 15 is 0 Å². The molecule has 0 atom stereocenters. The summed E-state index contributed by atoms with van der Waals surface area (Å²) < 4.78 is 40.6. The first-order valence-electron chi connectivity index (χ1n) is 8.21. The molecule has 0 amide bonds. The minimum Gasteiger partial charge on any atom is -0.406 e. The van der Waals surface area contributed by atoms with Crippen LogP contribution in [0.2, 0.25) is 0 Å². The SMILES string of the molecule is N=Cc1c(NCc2ccccc2)ncnc1Nc1ccc(OC(F)(F)F)cc1. The number of rotatable bonds is 7. The quantitative estimate of drug-likeness (QED) is 0.511. The maximum absolute atomic E-state index is 12.2. The summed E-state index contributed by atoms with van der Waals surface area (Å²) in [6, 6.07) is 14.9. The lowest BCUT2D eigenvalue weighted by Crippen LogP contribution is -2.17. The van der Waals surface area contributed by atoms with Gasteiger partial charge in [0.05, 0.1) is 5.56 Å². The van der Waals surface area contributed by atoms with Gasteiger partial charge in [-0.15, -0.1) is 13.2 Å². The van der Waals surface area contributed by atoms with Gasteiger partial charge < -0.3 is 20.8 Å². The van der Waals surface area contributed by atoms with Crippen LogP contribution in [-0.4, -0.2) is 22.5 Å². The number of benzene rings is 2. The van der Waals surface area contributed by atoms with Gasteiger partial charge >= 0.3 is 6.36 Å². The van der Waals surface area contributed by atoms with Crippen LogP contribution in [-0.2, 0) is 6.54 Å². The second-order valence-electron chi connectivity index (χ2n) is 5.67. The molecule has 3 N–H and O–H groups in total. The van der Waals surface area contributed by atoms with Gasteiger partial charge in [0, 0.05) is 18.4 Å². The summed E-state index contributed by atoms with van der Waals surface area (Å²) in [5, 5.41) is 13.8. The molecule has 2 aromatic carbocycles. The molecule has 3 aromatic rings. The standard InChI is InChI=1S/C19H16F3N5O/c20-19(21,22)28-15-8-6-14(7-9-15)27-18-16(10-23)17(25-12-26-18)24-11-13-4-2-1-3-5-13/h1-10,12,23H,11H2,(H2,24,25,26,27). The average Bonchev–Trinajstić information content (AvgIpc) is 2.67. The zero-order valence-electron chi connectivity index (χ0n) is 14.5. The van der Waals surface area contributed by atoms with Crippen LogP contribution < -0.4 is 15.4 Å². The maximum Gasteiger partial charge on any atom is 0.573 e. The van der Waals surface area contributed by atoms with Crippen molar-refractivity contribution in [2.75, 3.05) is 10.6 Å². The van der Waals surface area contributed by atoms with Crippen molar-refractivity contribution in [3.8, 4) is 5.75 Å². The number of hydrogen-bond donors (Lipinski definition) is 3. The van der Waals surface area contributed by atoms with Crippen LogP contribution in [0.25, 0.3) is 0 Å². The molecule has 28 heavy (non-hydrogen) atoms. The van der Waals surface area contributed by atoms with E-state index in [1.165, 1.54) is 30.6 Å². The van der Waals surface area contributed by atoms with Gasteiger partial charge in [0.2, 0.25) is 0 Å². The highest BCUT2D eigenvalue weighted by molar-refractivity contribution is 5.91. The van der Waals surface area contributed by atoms with Crippen molar-refractivity contribution in [2.45, 2.75) is 12.9 Å². The predicted molar refractivity (Wildman–Crippen MR) is 100 cm³/mol. The van der Waals surface area contributed by atoms with Crippen LogP contribution in [0.5, 0.6) is 5.75 Å². The Bertz CT molecular complexity index is 931. The topological polar surface area (TPSA) is 82.9 Å². The summed E-state index contributed by atoms with van der Waals surface area (Å²) in [7, 11) is 0. The molecule has 1 heterocycles. The number of anilines is 3. The third kappa shape index (κ3) is 5.19. The van der Waals surface area contributed by atoms with Crippen LogP contribution in [0, 0.1) is 5.41 Å². The minimum absolute atomic E-state index is 0.321. The van der Waals surface area contributed by atoms with E-state index in [1.54, 1.807) is 0 Å². The van der Waals surface area contributed by atoms with Gasteiger partial charge in [-0.05, 0) is 29.8 Å². The Morgan fingerprint density at radius 3 is 2.29 bits per heavy atom. The fraction of sp³-hybridized carbons (Fsp3) is 0.105. The zero-order valence-corrected chi connectivity index (χ0v) is 14.5. The highest BCUT2D eigenvalue weighted by Gasteiger charge is 2.30. The summed E-state index contributed by atoms with van der Waals surface area (Å²) in [6.45, 7) is 0.515. The Kier molecular flexibility index (Phi) is 5.73. The predicted octanol–water partition coefficient (Wildman–Crippen LogP) is 4.73. The van der Waals surface area contributed by atoms with Crippen LogP contribution in [0.1, 0.15) is 11.1 Å². The van der Waals surface area contributed by atoms with Gasteiger partial charge in [-0.2, -0.15) is 0 Å². The van der Waals surface area contributed by atoms with Gasteiger partial charge in [0.1, 0.15) is 23.7 Å². The lowest BCUT2D eigenvalue weighted by molar-refractivity contribution is -0.274. The molecule has 0 bridgehead atoms. The monoisotopic (exact) mass is 387 g/mol. The Balaban J connectivity index is 1.74. The molecular weight excluding hydrogens is 371 g/mol. The van der Waals surface area contributed by atoms with Crippen LogP contribution in [0.3, 0.4) is 0 Å². The summed E-state index contributed by atoms with van der Waals surface area (Å²) >= 11 is 0. The van der Waals surface area contributed by atoms with E-state index in [1.807, 2.05) is 30.3 Å². The number of hydrogen-bond acceptors (Lipinski definition) is 6.